The quantitative estimate of drug-likeness (QED) is 0.466. The maximum Gasteiger partial charge on any atom is 0.226 e. The maximum atomic E-state index is 5.03. The number of nitrogens with zero attached hydrogens (tertiary/aromatic N) is 3. The van der Waals surface area contributed by atoms with Crippen molar-refractivity contribution >= 4 is 54.3 Å². The SMILES string of the molecule is Brc1csc2c(-c3cccc4[nH]ccc34)nc(N3CCCCC3)nc12. The van der Waals surface area contributed by atoms with Crippen LogP contribution in [0.4, 0.5) is 5.95 Å². The Balaban J connectivity index is 1.77. The highest BCUT2D eigenvalue weighted by Crippen LogP contribution is 2.39. The highest BCUT2D eigenvalue weighted by atomic mass is 79.9. The summed E-state index contributed by atoms with van der Waals surface area (Å²) in [7, 11) is 0. The number of nitrogens with one attached hydrogen (secondary N) is 1. The minimum atomic E-state index is 0.855. The number of fused-ring (bicyclic) bond motifs is 2. The van der Waals surface area contributed by atoms with E-state index in [9.17, 15) is 0 Å². The van der Waals surface area contributed by atoms with Crippen molar-refractivity contribution < 1.29 is 0 Å². The van der Waals surface area contributed by atoms with Crippen LogP contribution in [0, 0.1) is 0 Å². The molecule has 0 radical (unpaired) electrons. The Kier molecular flexibility index (Phi) is 3.75. The van der Waals surface area contributed by atoms with E-state index in [-0.39, 0.29) is 0 Å². The first-order valence-electron chi connectivity index (χ1n) is 8.57. The minimum Gasteiger partial charge on any atom is -0.361 e. The average Bonchev–Trinajstić information content (AvgIpc) is 3.28. The topological polar surface area (TPSA) is 44.8 Å². The smallest absolute Gasteiger partial charge is 0.226 e. The zero-order valence-corrected chi connectivity index (χ0v) is 16.0. The minimum absolute atomic E-state index is 0.855. The molecule has 4 aromatic rings. The monoisotopic (exact) mass is 412 g/mol. The molecule has 25 heavy (non-hydrogen) atoms. The van der Waals surface area contributed by atoms with Gasteiger partial charge in [-0.2, -0.15) is 0 Å². The summed E-state index contributed by atoms with van der Waals surface area (Å²) in [6.07, 6.45) is 5.72. The molecule has 1 aliphatic heterocycles. The van der Waals surface area contributed by atoms with Gasteiger partial charge in [0.05, 0.1) is 14.9 Å². The van der Waals surface area contributed by atoms with Crippen LogP contribution in [0.5, 0.6) is 0 Å². The van der Waals surface area contributed by atoms with Gasteiger partial charge in [0.1, 0.15) is 5.52 Å². The predicted octanol–water partition coefficient (Wildman–Crippen LogP) is 5.59. The van der Waals surface area contributed by atoms with Gasteiger partial charge in [0.2, 0.25) is 5.95 Å². The number of benzene rings is 1. The van der Waals surface area contributed by atoms with Gasteiger partial charge in [-0.25, -0.2) is 9.97 Å². The second kappa shape index (κ2) is 6.11. The van der Waals surface area contributed by atoms with Crippen molar-refractivity contribution in [3.63, 3.8) is 0 Å². The zero-order valence-electron chi connectivity index (χ0n) is 13.6. The van der Waals surface area contributed by atoms with E-state index in [1.807, 2.05) is 6.20 Å². The lowest BCUT2D eigenvalue weighted by molar-refractivity contribution is 0.569. The fourth-order valence-electron chi connectivity index (χ4n) is 3.59. The molecule has 1 aromatic carbocycles. The number of halogens is 1. The molecule has 0 aliphatic carbocycles. The number of thiophene rings is 1. The Hall–Kier alpha value is -1.92. The summed E-state index contributed by atoms with van der Waals surface area (Å²) in [5, 5.41) is 3.32. The molecule has 0 saturated carbocycles. The van der Waals surface area contributed by atoms with Gasteiger partial charge in [-0.1, -0.05) is 12.1 Å². The summed E-state index contributed by atoms with van der Waals surface area (Å²) in [4.78, 5) is 15.5. The number of aromatic amines is 1. The van der Waals surface area contributed by atoms with Gasteiger partial charge >= 0.3 is 0 Å². The third-order valence-electron chi connectivity index (χ3n) is 4.85. The second-order valence-electron chi connectivity index (χ2n) is 6.43. The lowest BCUT2D eigenvalue weighted by Gasteiger charge is -2.27. The first-order valence-corrected chi connectivity index (χ1v) is 10.2. The summed E-state index contributed by atoms with van der Waals surface area (Å²) >= 11 is 5.37. The number of H-pyrrole nitrogens is 1. The summed E-state index contributed by atoms with van der Waals surface area (Å²) in [5.41, 5.74) is 4.35. The Morgan fingerprint density at radius 2 is 1.96 bits per heavy atom. The molecule has 1 saturated heterocycles. The summed E-state index contributed by atoms with van der Waals surface area (Å²) < 4.78 is 2.19. The van der Waals surface area contributed by atoms with Crippen LogP contribution in [-0.2, 0) is 0 Å². The fourth-order valence-corrected chi connectivity index (χ4v) is 5.15. The van der Waals surface area contributed by atoms with E-state index in [2.05, 4.69) is 55.5 Å². The molecular formula is C19H17BrN4S. The van der Waals surface area contributed by atoms with E-state index in [1.54, 1.807) is 11.3 Å². The molecule has 4 heterocycles. The summed E-state index contributed by atoms with van der Waals surface area (Å²) in [5.74, 6) is 0.855. The van der Waals surface area contributed by atoms with E-state index in [4.69, 9.17) is 9.97 Å². The second-order valence-corrected chi connectivity index (χ2v) is 8.16. The molecule has 6 heteroatoms. The van der Waals surface area contributed by atoms with Crippen molar-refractivity contribution in [2.75, 3.05) is 18.0 Å². The van der Waals surface area contributed by atoms with E-state index < -0.39 is 0 Å². The number of aromatic nitrogens is 3. The van der Waals surface area contributed by atoms with E-state index >= 15 is 0 Å². The number of hydrogen-bond acceptors (Lipinski definition) is 4. The molecule has 0 bridgehead atoms. The van der Waals surface area contributed by atoms with Crippen molar-refractivity contribution in [3.8, 4) is 11.3 Å². The van der Waals surface area contributed by atoms with Gasteiger partial charge in [-0.05, 0) is 47.3 Å². The molecule has 1 fully saturated rings. The first-order chi connectivity index (χ1) is 12.3. The third-order valence-corrected chi connectivity index (χ3v) is 6.73. The van der Waals surface area contributed by atoms with Crippen LogP contribution in [0.15, 0.2) is 40.3 Å². The molecule has 0 atom stereocenters. The maximum absolute atomic E-state index is 5.03. The molecular weight excluding hydrogens is 396 g/mol. The van der Waals surface area contributed by atoms with Gasteiger partial charge in [0, 0.05) is 41.1 Å². The van der Waals surface area contributed by atoms with Crippen LogP contribution in [0.2, 0.25) is 0 Å². The van der Waals surface area contributed by atoms with Gasteiger partial charge in [-0.3, -0.25) is 0 Å². The van der Waals surface area contributed by atoms with Crippen molar-refractivity contribution in [1.82, 2.24) is 15.0 Å². The van der Waals surface area contributed by atoms with Crippen molar-refractivity contribution in [3.05, 3.63) is 40.3 Å². The Morgan fingerprint density at radius 3 is 2.84 bits per heavy atom. The van der Waals surface area contributed by atoms with Gasteiger partial charge in [0.25, 0.3) is 0 Å². The molecule has 1 N–H and O–H groups in total. The lowest BCUT2D eigenvalue weighted by atomic mass is 10.1. The molecule has 0 unspecified atom stereocenters. The highest BCUT2D eigenvalue weighted by molar-refractivity contribution is 9.10. The van der Waals surface area contributed by atoms with E-state index in [0.29, 0.717) is 0 Å². The van der Waals surface area contributed by atoms with Gasteiger partial charge in [0.15, 0.2) is 0 Å². The van der Waals surface area contributed by atoms with Crippen LogP contribution < -0.4 is 4.90 Å². The highest BCUT2D eigenvalue weighted by Gasteiger charge is 2.20. The number of hydrogen-bond donors (Lipinski definition) is 1. The van der Waals surface area contributed by atoms with E-state index in [0.717, 1.165) is 44.9 Å². The van der Waals surface area contributed by atoms with Crippen LogP contribution in [0.1, 0.15) is 19.3 Å². The van der Waals surface area contributed by atoms with Gasteiger partial charge < -0.3 is 9.88 Å². The first kappa shape index (κ1) is 15.3. The number of piperidine rings is 1. The van der Waals surface area contributed by atoms with Crippen molar-refractivity contribution in [2.45, 2.75) is 19.3 Å². The van der Waals surface area contributed by atoms with Crippen LogP contribution >= 0.6 is 27.3 Å². The lowest BCUT2D eigenvalue weighted by Crippen LogP contribution is -2.31. The molecule has 0 amide bonds. The fraction of sp³-hybridized carbons (Fsp3) is 0.263. The van der Waals surface area contributed by atoms with Crippen LogP contribution in [0.25, 0.3) is 32.4 Å². The van der Waals surface area contributed by atoms with Crippen LogP contribution in [-0.4, -0.2) is 28.0 Å². The molecule has 4 nitrogen and oxygen atoms in total. The number of anilines is 1. The predicted molar refractivity (Wildman–Crippen MR) is 108 cm³/mol. The van der Waals surface area contributed by atoms with Crippen molar-refractivity contribution in [1.29, 1.82) is 0 Å². The molecule has 126 valence electrons. The molecule has 5 rings (SSSR count). The van der Waals surface area contributed by atoms with Crippen LogP contribution in [0.3, 0.4) is 0 Å². The average molecular weight is 413 g/mol. The number of rotatable bonds is 2. The largest absolute Gasteiger partial charge is 0.361 e. The molecule has 1 aliphatic rings. The van der Waals surface area contributed by atoms with Gasteiger partial charge in [-0.15, -0.1) is 11.3 Å². The molecule has 0 spiro atoms. The normalized spacial score (nSPS) is 15.3. The third kappa shape index (κ3) is 2.55. The summed E-state index contributed by atoms with van der Waals surface area (Å²) in [6, 6.07) is 8.48. The Morgan fingerprint density at radius 1 is 1.08 bits per heavy atom. The van der Waals surface area contributed by atoms with Crippen molar-refractivity contribution in [2.24, 2.45) is 0 Å². The summed E-state index contributed by atoms with van der Waals surface area (Å²) in [6.45, 7) is 2.09. The zero-order chi connectivity index (χ0) is 16.8. The van der Waals surface area contributed by atoms with E-state index in [1.165, 1.54) is 30.2 Å². The molecule has 3 aromatic heterocycles. The Labute approximate surface area is 158 Å². The standard InChI is InChI=1S/C19H17BrN4S/c20-14-11-25-18-16(13-5-4-6-15-12(13)7-8-21-15)22-19(23-17(14)18)24-9-2-1-3-10-24/h4-8,11,21H,1-3,9-10H2. The Bertz CT molecular complexity index is 1060.